The van der Waals surface area contributed by atoms with Crippen molar-refractivity contribution in [3.63, 3.8) is 0 Å². The van der Waals surface area contributed by atoms with Crippen LogP contribution in [0.3, 0.4) is 0 Å². The quantitative estimate of drug-likeness (QED) is 0.122. The molecule has 0 aromatic heterocycles. The molecule has 0 bridgehead atoms. The Morgan fingerprint density at radius 1 is 0.442 bits per heavy atom. The molecule has 52 heavy (non-hydrogen) atoms. The van der Waals surface area contributed by atoms with Crippen molar-refractivity contribution < 1.29 is 20.8 Å². The Morgan fingerprint density at radius 3 is 1.08 bits per heavy atom. The van der Waals surface area contributed by atoms with Gasteiger partial charge in [0.05, 0.1) is 16.1 Å². The fraction of sp³-hybridized carbons (Fsp3) is 0.174. The summed E-state index contributed by atoms with van der Waals surface area (Å²) in [6, 6.07) is 53.6. The zero-order chi connectivity index (χ0) is 37.5. The van der Waals surface area contributed by atoms with Crippen molar-refractivity contribution in [2.75, 3.05) is 0 Å². The number of benzene rings is 6. The Hall–Kier alpha value is -2.83. The van der Waals surface area contributed by atoms with Gasteiger partial charge in [-0.3, -0.25) is 0 Å². The maximum atomic E-state index is 4.93. The molecule has 0 unspecified atom stereocenters. The maximum absolute atomic E-state index is 4.93. The summed E-state index contributed by atoms with van der Waals surface area (Å²) in [7, 11) is 8.36. The van der Waals surface area contributed by atoms with Gasteiger partial charge in [0.2, 0.25) is 0 Å². The van der Waals surface area contributed by atoms with Crippen molar-refractivity contribution in [3.05, 3.63) is 146 Å². The van der Waals surface area contributed by atoms with Gasteiger partial charge >= 0.3 is 37.9 Å². The summed E-state index contributed by atoms with van der Waals surface area (Å²) in [5, 5.41) is 13.9. The topological polar surface area (TPSA) is 0 Å². The molecular formula is C46H48Cl2Si3Zr. The molecule has 0 spiro atoms. The first-order valence-corrected chi connectivity index (χ1v) is 33.1. The standard InChI is InChI=1S/2C22H21Si.C2H6Si.2ClH.Zr/c2*1-23(2,3)18-14-17-10-7-13-21(22(17)15-18)20-12-6-9-16-8-4-5-11-19(16)20;1-3-2;;;/h2*4-15H,1-3H3;1-2H3;2*1H;/q2*-1;;;;+4/p-2. The number of hydrogen-bond acceptors (Lipinski definition) is 0. The fourth-order valence-corrected chi connectivity index (χ4v) is 9.06. The van der Waals surface area contributed by atoms with E-state index in [9.17, 15) is 0 Å². The number of hydrogen-bond donors (Lipinski definition) is 0. The molecule has 0 saturated carbocycles. The van der Waals surface area contributed by atoms with E-state index >= 15 is 0 Å². The molecule has 6 heteroatoms. The molecule has 8 rings (SSSR count). The van der Waals surface area contributed by atoms with Crippen LogP contribution in [0, 0.1) is 0 Å². The first kappa shape index (κ1) is 40.4. The summed E-state index contributed by atoms with van der Waals surface area (Å²) < 4.78 is 0. The summed E-state index contributed by atoms with van der Waals surface area (Å²) in [5.41, 5.74) is 5.37. The monoisotopic (exact) mass is 844 g/mol. The number of halogens is 2. The van der Waals surface area contributed by atoms with Gasteiger partial charge in [0.15, 0.2) is 0 Å². The third-order valence-electron chi connectivity index (χ3n) is 9.39. The molecule has 0 fully saturated rings. The van der Waals surface area contributed by atoms with Crippen molar-refractivity contribution in [2.45, 2.75) is 52.4 Å². The Morgan fingerprint density at radius 2 is 0.731 bits per heavy atom. The van der Waals surface area contributed by atoms with Crippen LogP contribution >= 0.6 is 17.0 Å². The van der Waals surface area contributed by atoms with E-state index in [-0.39, 0.29) is 0 Å². The van der Waals surface area contributed by atoms with Crippen molar-refractivity contribution in [2.24, 2.45) is 0 Å². The van der Waals surface area contributed by atoms with Gasteiger partial charge in [0.25, 0.3) is 0 Å². The molecule has 8 aromatic carbocycles. The van der Waals surface area contributed by atoms with E-state index in [0.29, 0.717) is 0 Å². The summed E-state index contributed by atoms with van der Waals surface area (Å²) in [5.74, 6) is 0. The van der Waals surface area contributed by atoms with Crippen LogP contribution in [0.2, 0.25) is 52.4 Å². The van der Waals surface area contributed by atoms with Gasteiger partial charge in [-0.05, 0) is 32.7 Å². The van der Waals surface area contributed by atoms with Crippen LogP contribution in [0.25, 0.3) is 65.3 Å². The fourth-order valence-electron chi connectivity index (χ4n) is 6.73. The second kappa shape index (κ2) is 18.0. The van der Waals surface area contributed by atoms with Gasteiger partial charge in [-0.1, -0.05) is 161 Å². The third kappa shape index (κ3) is 9.45. The molecule has 0 amide bonds. The van der Waals surface area contributed by atoms with Gasteiger partial charge in [0.1, 0.15) is 0 Å². The molecule has 0 aliphatic heterocycles. The van der Waals surface area contributed by atoms with E-state index in [4.69, 9.17) is 17.0 Å². The van der Waals surface area contributed by atoms with Crippen LogP contribution in [0.4, 0.5) is 0 Å². The summed E-state index contributed by atoms with van der Waals surface area (Å²) in [6.45, 7) is 18.8. The Labute approximate surface area is 334 Å². The Bertz CT molecular complexity index is 2210. The molecular weight excluding hydrogens is 799 g/mol. The van der Waals surface area contributed by atoms with E-state index in [2.05, 4.69) is 198 Å². The second-order valence-electron chi connectivity index (χ2n) is 15.2. The minimum atomic E-state index is -1.29. The first-order chi connectivity index (χ1) is 24.9. The molecule has 0 N–H and O–H groups in total. The van der Waals surface area contributed by atoms with Crippen molar-refractivity contribution in [3.8, 4) is 22.3 Å². The summed E-state index contributed by atoms with van der Waals surface area (Å²) in [4.78, 5) is 0. The van der Waals surface area contributed by atoms with Gasteiger partial charge in [0, 0.05) is 9.52 Å². The summed E-state index contributed by atoms with van der Waals surface area (Å²) in [6.07, 6.45) is 0. The predicted octanol–water partition coefficient (Wildman–Crippen LogP) is 14.0. The molecule has 8 aromatic rings. The van der Waals surface area contributed by atoms with Crippen molar-refractivity contribution >= 4 is 96.2 Å². The van der Waals surface area contributed by atoms with Gasteiger partial charge in [-0.15, -0.1) is 68.3 Å². The normalized spacial score (nSPS) is 11.3. The predicted molar refractivity (Wildman–Crippen MR) is 240 cm³/mol. The molecule has 262 valence electrons. The van der Waals surface area contributed by atoms with Gasteiger partial charge in [-0.2, -0.15) is 12.1 Å². The zero-order valence-electron chi connectivity index (χ0n) is 31.6. The van der Waals surface area contributed by atoms with E-state index in [0.717, 1.165) is 9.52 Å². The SMILES string of the molecule is C[Si](C)(C)c1cc2c(-c3cccc4ccccc34)cccc2[cH-]1.C[Si](C)(C)c1cc2c(-c3cccc4ccccc34)cccc2[cH-]1.C[Si]C.[Cl][Zr+2][Cl]. The van der Waals surface area contributed by atoms with E-state index in [1.54, 1.807) is 10.4 Å². The van der Waals surface area contributed by atoms with E-state index < -0.39 is 37.0 Å². The molecule has 0 atom stereocenters. The van der Waals surface area contributed by atoms with Gasteiger partial charge in [-0.25, -0.2) is 0 Å². The zero-order valence-corrected chi connectivity index (χ0v) is 38.6. The summed E-state index contributed by atoms with van der Waals surface area (Å²) >= 11 is -0.826. The van der Waals surface area contributed by atoms with Crippen LogP contribution in [-0.4, -0.2) is 25.7 Å². The average molecular weight is 847 g/mol. The molecule has 0 nitrogen and oxygen atoms in total. The van der Waals surface area contributed by atoms with Crippen molar-refractivity contribution in [1.29, 1.82) is 0 Å². The molecule has 0 aliphatic rings. The van der Waals surface area contributed by atoms with Crippen molar-refractivity contribution in [1.82, 2.24) is 0 Å². The van der Waals surface area contributed by atoms with E-state index in [1.807, 2.05) is 0 Å². The molecule has 0 aliphatic carbocycles. The Balaban J connectivity index is 0.000000175. The third-order valence-corrected chi connectivity index (χ3v) is 13.4. The van der Waals surface area contributed by atoms with Crippen LogP contribution in [0.1, 0.15) is 0 Å². The number of fused-ring (bicyclic) bond motifs is 4. The van der Waals surface area contributed by atoms with Crippen LogP contribution in [0.5, 0.6) is 0 Å². The average Bonchev–Trinajstić information content (AvgIpc) is 3.78. The van der Waals surface area contributed by atoms with E-state index in [1.165, 1.54) is 65.3 Å². The van der Waals surface area contributed by atoms with Crippen LogP contribution in [0.15, 0.2) is 146 Å². The second-order valence-corrected chi connectivity index (χ2v) is 30.1. The van der Waals surface area contributed by atoms with Crippen LogP contribution in [-0.2, 0) is 20.8 Å². The number of rotatable bonds is 4. The minimum absolute atomic E-state index is 0.826. The molecule has 0 saturated heterocycles. The molecule has 0 heterocycles. The Kier molecular flexibility index (Phi) is 14.0. The van der Waals surface area contributed by atoms with Gasteiger partial charge < -0.3 is 0 Å². The molecule has 2 radical (unpaired) electrons. The van der Waals surface area contributed by atoms with Crippen LogP contribution < -0.4 is 10.4 Å². The first-order valence-electron chi connectivity index (χ1n) is 17.8.